The molecule has 96 heavy (non-hydrogen) atoms. The predicted octanol–water partition coefficient (Wildman–Crippen LogP) is 22.9. The van der Waals surface area contributed by atoms with E-state index in [1.165, 1.54) is 225 Å². The number of aliphatic hydroxyl groups excluding tert-OH is 1. The van der Waals surface area contributed by atoms with E-state index in [0.717, 1.165) is 96.3 Å². The maximum atomic E-state index is 13.1. The van der Waals surface area contributed by atoms with Crippen LogP contribution in [-0.2, 0) is 65.4 Å². The highest BCUT2D eigenvalue weighted by Crippen LogP contribution is 2.45. The summed E-state index contributed by atoms with van der Waals surface area (Å²) in [5.74, 6) is -1.45. The van der Waals surface area contributed by atoms with Gasteiger partial charge in [0.05, 0.1) is 26.4 Å². The zero-order valence-corrected chi connectivity index (χ0v) is 64.3. The van der Waals surface area contributed by atoms with Crippen molar-refractivity contribution in [3.8, 4) is 0 Å². The van der Waals surface area contributed by atoms with Gasteiger partial charge in [0.2, 0.25) is 0 Å². The third-order valence-corrected chi connectivity index (χ3v) is 19.9. The lowest BCUT2D eigenvalue weighted by Gasteiger charge is -2.21. The molecule has 0 saturated heterocycles. The fraction of sp³-hybridized carbons (Fsp3) is 0.948. The molecular weight excluding hydrogens is 1260 g/mol. The van der Waals surface area contributed by atoms with Crippen molar-refractivity contribution in [1.29, 1.82) is 0 Å². The van der Waals surface area contributed by atoms with E-state index >= 15 is 0 Å². The minimum Gasteiger partial charge on any atom is -0.462 e. The molecule has 0 radical (unpaired) electrons. The van der Waals surface area contributed by atoms with Gasteiger partial charge in [-0.25, -0.2) is 9.13 Å². The first-order chi connectivity index (χ1) is 46.5. The van der Waals surface area contributed by atoms with Crippen LogP contribution < -0.4 is 0 Å². The number of hydrogen-bond acceptors (Lipinski definition) is 15. The lowest BCUT2D eigenvalue weighted by molar-refractivity contribution is -0.161. The number of carbonyl (C=O) groups excluding carboxylic acids is 4. The molecule has 0 fully saturated rings. The van der Waals surface area contributed by atoms with Gasteiger partial charge in [-0.15, -0.1) is 0 Å². The van der Waals surface area contributed by atoms with E-state index < -0.39 is 97.5 Å². The summed E-state index contributed by atoms with van der Waals surface area (Å²) in [5, 5.41) is 10.6. The van der Waals surface area contributed by atoms with Crippen LogP contribution in [0.3, 0.4) is 0 Å². The Bertz CT molecular complexity index is 1840. The van der Waals surface area contributed by atoms with Crippen LogP contribution in [0.1, 0.15) is 407 Å². The maximum Gasteiger partial charge on any atom is 0.472 e. The molecule has 570 valence electrons. The predicted molar refractivity (Wildman–Crippen MR) is 391 cm³/mol. The number of phosphoric ester groups is 2. The van der Waals surface area contributed by atoms with E-state index in [9.17, 15) is 43.2 Å². The van der Waals surface area contributed by atoms with Gasteiger partial charge >= 0.3 is 39.5 Å². The van der Waals surface area contributed by atoms with Gasteiger partial charge in [-0.05, 0) is 31.6 Å². The SMILES string of the molecule is CCCCCCCCCCCCCCCCCCCCCCCC(=O)O[C@H](COC(=O)CCCCCCCCCCCCCCCCCCCC)COP(=O)(O)OC[C@@H](O)COP(=O)(O)OC[C@@H](COC(=O)CCCCCCCCCC)OC(=O)CCCCCCCCC(C)C. The van der Waals surface area contributed by atoms with Gasteiger partial charge in [0.15, 0.2) is 12.2 Å². The van der Waals surface area contributed by atoms with Crippen molar-refractivity contribution >= 4 is 39.5 Å². The van der Waals surface area contributed by atoms with Crippen molar-refractivity contribution in [2.24, 2.45) is 5.92 Å². The van der Waals surface area contributed by atoms with Gasteiger partial charge < -0.3 is 33.8 Å². The Balaban J connectivity index is 5.15. The monoisotopic (exact) mass is 1410 g/mol. The van der Waals surface area contributed by atoms with Crippen molar-refractivity contribution < 1.29 is 80.2 Å². The summed E-state index contributed by atoms with van der Waals surface area (Å²) >= 11 is 0. The van der Waals surface area contributed by atoms with Gasteiger partial charge in [0, 0.05) is 25.7 Å². The standard InChI is InChI=1S/C77H150O17P2/c1-6-9-12-15-18-21-23-25-27-29-31-32-33-35-37-39-41-43-46-52-57-62-76(81)93-72(66-88-75(80)61-56-51-45-42-40-38-36-34-30-28-26-24-22-19-16-13-10-7-2)68-91-95(83,84)89-64-71(78)65-90-96(85,86)92-69-73(67-87-74(79)60-55-50-44-20-17-14-11-8-3)94-77(82)63-58-53-48-47-49-54-59-70(4)5/h70-73,78H,6-69H2,1-5H3,(H,83,84)(H,85,86)/t71-,72-,73-/m1/s1. The third kappa shape index (κ3) is 70.5. The highest BCUT2D eigenvalue weighted by molar-refractivity contribution is 7.47. The van der Waals surface area contributed by atoms with Crippen molar-refractivity contribution in [3.63, 3.8) is 0 Å². The largest absolute Gasteiger partial charge is 0.472 e. The highest BCUT2D eigenvalue weighted by Gasteiger charge is 2.30. The van der Waals surface area contributed by atoms with E-state index in [1.54, 1.807) is 0 Å². The average molecular weight is 1410 g/mol. The summed E-state index contributed by atoms with van der Waals surface area (Å²) in [6, 6.07) is 0. The van der Waals surface area contributed by atoms with Crippen LogP contribution in [0.15, 0.2) is 0 Å². The molecule has 3 N–H and O–H groups in total. The molecule has 0 rings (SSSR count). The number of carbonyl (C=O) groups is 4. The smallest absolute Gasteiger partial charge is 0.462 e. The Hall–Kier alpha value is -1.94. The van der Waals surface area contributed by atoms with Crippen LogP contribution in [0.2, 0.25) is 0 Å². The molecule has 2 unspecified atom stereocenters. The van der Waals surface area contributed by atoms with Crippen LogP contribution in [0, 0.1) is 5.92 Å². The van der Waals surface area contributed by atoms with Crippen LogP contribution in [0.4, 0.5) is 0 Å². The molecule has 0 heterocycles. The zero-order valence-electron chi connectivity index (χ0n) is 62.5. The second-order valence-electron chi connectivity index (χ2n) is 28.2. The van der Waals surface area contributed by atoms with E-state index in [1.807, 2.05) is 0 Å². The molecule has 0 saturated carbocycles. The summed E-state index contributed by atoms with van der Waals surface area (Å²) in [6.45, 7) is 7.17. The molecule has 0 aliphatic heterocycles. The second-order valence-corrected chi connectivity index (χ2v) is 31.1. The Morgan fingerprint density at radius 2 is 0.479 bits per heavy atom. The first kappa shape index (κ1) is 94.1. The zero-order chi connectivity index (χ0) is 70.5. The topological polar surface area (TPSA) is 237 Å². The number of ether oxygens (including phenoxy) is 4. The summed E-state index contributed by atoms with van der Waals surface area (Å²) in [7, 11) is -9.90. The van der Waals surface area contributed by atoms with Gasteiger partial charge in [-0.2, -0.15) is 0 Å². The van der Waals surface area contributed by atoms with E-state index in [2.05, 4.69) is 34.6 Å². The van der Waals surface area contributed by atoms with Gasteiger partial charge in [-0.3, -0.25) is 37.3 Å². The summed E-state index contributed by atoms with van der Waals surface area (Å²) in [5.41, 5.74) is 0. The minimum absolute atomic E-state index is 0.102. The molecule has 0 aromatic carbocycles. The number of phosphoric acid groups is 2. The summed E-state index contributed by atoms with van der Waals surface area (Å²) < 4.78 is 68.4. The molecule has 0 bridgehead atoms. The van der Waals surface area contributed by atoms with E-state index in [-0.39, 0.29) is 25.7 Å². The summed E-state index contributed by atoms with van der Waals surface area (Å²) in [6.07, 6.45) is 60.2. The maximum absolute atomic E-state index is 13.1. The quantitative estimate of drug-likeness (QED) is 0.0222. The normalized spacial score (nSPS) is 13.9. The van der Waals surface area contributed by atoms with Crippen molar-refractivity contribution in [2.45, 2.75) is 425 Å². The molecule has 0 aliphatic rings. The molecule has 0 amide bonds. The number of hydrogen-bond donors (Lipinski definition) is 3. The van der Waals surface area contributed by atoms with Gasteiger partial charge in [0.25, 0.3) is 0 Å². The van der Waals surface area contributed by atoms with Crippen LogP contribution in [-0.4, -0.2) is 96.7 Å². The Morgan fingerprint density at radius 1 is 0.281 bits per heavy atom. The Morgan fingerprint density at radius 3 is 0.708 bits per heavy atom. The molecule has 0 aliphatic carbocycles. The van der Waals surface area contributed by atoms with Crippen molar-refractivity contribution in [2.75, 3.05) is 39.6 Å². The Kier molecular flexibility index (Phi) is 68.7. The molecule has 0 aromatic rings. The summed E-state index contributed by atoms with van der Waals surface area (Å²) in [4.78, 5) is 72.6. The average Bonchev–Trinajstić information content (AvgIpc) is 1.14. The fourth-order valence-electron chi connectivity index (χ4n) is 11.9. The van der Waals surface area contributed by atoms with Crippen molar-refractivity contribution in [3.05, 3.63) is 0 Å². The lowest BCUT2D eigenvalue weighted by Crippen LogP contribution is -2.30. The fourth-order valence-corrected chi connectivity index (χ4v) is 13.5. The van der Waals surface area contributed by atoms with Crippen LogP contribution in [0.5, 0.6) is 0 Å². The van der Waals surface area contributed by atoms with E-state index in [0.29, 0.717) is 31.6 Å². The lowest BCUT2D eigenvalue weighted by atomic mass is 10.0. The van der Waals surface area contributed by atoms with Crippen molar-refractivity contribution in [1.82, 2.24) is 0 Å². The molecule has 5 atom stereocenters. The number of esters is 4. The van der Waals surface area contributed by atoms with E-state index in [4.69, 9.17) is 37.0 Å². The molecule has 17 nitrogen and oxygen atoms in total. The van der Waals surface area contributed by atoms with Gasteiger partial charge in [0.1, 0.15) is 19.3 Å². The third-order valence-electron chi connectivity index (χ3n) is 18.0. The molecule has 0 spiro atoms. The van der Waals surface area contributed by atoms with Gasteiger partial charge in [-0.1, -0.05) is 356 Å². The molecule has 19 heteroatoms. The number of rotatable bonds is 77. The molecule has 0 aromatic heterocycles. The minimum atomic E-state index is -4.96. The van der Waals surface area contributed by atoms with Crippen LogP contribution in [0.25, 0.3) is 0 Å². The first-order valence-electron chi connectivity index (χ1n) is 40.1. The van der Waals surface area contributed by atoms with Crippen LogP contribution >= 0.6 is 15.6 Å². The highest BCUT2D eigenvalue weighted by atomic mass is 31.2. The molecular formula is C77H150O17P2. The number of unbranched alkanes of at least 4 members (excludes halogenated alkanes) is 49. The second kappa shape index (κ2) is 70.1. The number of aliphatic hydroxyl groups is 1. The first-order valence-corrected chi connectivity index (χ1v) is 43.1. The Labute approximate surface area is 588 Å².